The Morgan fingerprint density at radius 1 is 1.17 bits per heavy atom. The molecule has 3 nitrogen and oxygen atoms in total. The molecule has 0 spiro atoms. The summed E-state index contributed by atoms with van der Waals surface area (Å²) in [6.45, 7) is 1.93. The van der Waals surface area contributed by atoms with Gasteiger partial charge in [-0.25, -0.2) is 4.79 Å². The average Bonchev–Trinajstić information content (AvgIpc) is 2.67. The molecule has 1 aromatic carbocycles. The lowest BCUT2D eigenvalue weighted by molar-refractivity contribution is 0.0717. The summed E-state index contributed by atoms with van der Waals surface area (Å²) in [5.41, 5.74) is 3.37. The summed E-state index contributed by atoms with van der Waals surface area (Å²) >= 11 is 0. The number of carbonyl (C=O) groups is 1. The molecule has 1 aromatic heterocycles. The van der Waals surface area contributed by atoms with Gasteiger partial charge in [0.15, 0.2) is 0 Å². The molecule has 1 aliphatic rings. The third kappa shape index (κ3) is 1.80. The Kier molecular flexibility index (Phi) is 2.45. The maximum absolute atomic E-state index is 11.7. The van der Waals surface area contributed by atoms with Gasteiger partial charge < -0.3 is 4.74 Å². The van der Waals surface area contributed by atoms with Gasteiger partial charge in [-0.2, -0.15) is 0 Å². The number of hydrogen-bond acceptors (Lipinski definition) is 3. The van der Waals surface area contributed by atoms with Crippen LogP contribution in [0.5, 0.6) is 0 Å². The maximum Gasteiger partial charge on any atom is 0.344 e. The van der Waals surface area contributed by atoms with E-state index in [0.717, 1.165) is 16.8 Å². The third-order valence-corrected chi connectivity index (χ3v) is 2.83. The highest BCUT2D eigenvalue weighted by Crippen LogP contribution is 2.30. The van der Waals surface area contributed by atoms with Crippen molar-refractivity contribution < 1.29 is 9.53 Å². The van der Waals surface area contributed by atoms with Gasteiger partial charge in [0.2, 0.25) is 0 Å². The lowest BCUT2D eigenvalue weighted by atomic mass is 10.1. The first kappa shape index (κ1) is 10.7. The van der Waals surface area contributed by atoms with E-state index < -0.39 is 0 Å². The van der Waals surface area contributed by atoms with E-state index in [4.69, 9.17) is 4.74 Å². The first-order valence-corrected chi connectivity index (χ1v) is 5.70. The lowest BCUT2D eigenvalue weighted by Crippen LogP contribution is -1.92. The second-order valence-electron chi connectivity index (χ2n) is 4.17. The molecule has 18 heavy (non-hydrogen) atoms. The van der Waals surface area contributed by atoms with Crippen molar-refractivity contribution in [2.24, 2.45) is 0 Å². The molecule has 88 valence electrons. The third-order valence-electron chi connectivity index (χ3n) is 2.83. The Morgan fingerprint density at radius 3 is 2.72 bits per heavy atom. The maximum atomic E-state index is 11.7. The molecule has 0 aliphatic carbocycles. The number of aryl methyl sites for hydroxylation is 1. The van der Waals surface area contributed by atoms with Crippen molar-refractivity contribution >= 4 is 17.8 Å². The van der Waals surface area contributed by atoms with Crippen LogP contribution < -0.4 is 0 Å². The van der Waals surface area contributed by atoms with E-state index in [1.54, 1.807) is 12.3 Å². The molecular weight excluding hydrogens is 226 g/mol. The Morgan fingerprint density at radius 2 is 1.94 bits per heavy atom. The zero-order valence-corrected chi connectivity index (χ0v) is 9.88. The molecule has 0 radical (unpaired) electrons. The Balaban J connectivity index is 2.07. The molecule has 0 fully saturated rings. The van der Waals surface area contributed by atoms with Crippen LogP contribution in [0.4, 0.5) is 0 Å². The zero-order chi connectivity index (χ0) is 12.5. The summed E-state index contributed by atoms with van der Waals surface area (Å²) in [5, 5.41) is 0. The molecule has 0 atom stereocenters. The van der Waals surface area contributed by atoms with Gasteiger partial charge in [-0.1, -0.05) is 18.2 Å². The van der Waals surface area contributed by atoms with Crippen molar-refractivity contribution in [3.63, 3.8) is 0 Å². The molecule has 0 bridgehead atoms. The number of cyclic esters (lactones) is 1. The fourth-order valence-corrected chi connectivity index (χ4v) is 2.00. The summed E-state index contributed by atoms with van der Waals surface area (Å²) in [4.78, 5) is 15.8. The summed E-state index contributed by atoms with van der Waals surface area (Å²) in [6.07, 6.45) is 3.60. The van der Waals surface area contributed by atoms with E-state index in [1.807, 2.05) is 43.3 Å². The van der Waals surface area contributed by atoms with E-state index in [1.165, 1.54) is 0 Å². The monoisotopic (exact) mass is 237 g/mol. The topological polar surface area (TPSA) is 39.2 Å². The van der Waals surface area contributed by atoms with Gasteiger partial charge in [-0.3, -0.25) is 4.98 Å². The van der Waals surface area contributed by atoms with E-state index in [-0.39, 0.29) is 5.97 Å². The first-order chi connectivity index (χ1) is 8.74. The second kappa shape index (κ2) is 4.11. The van der Waals surface area contributed by atoms with E-state index >= 15 is 0 Å². The number of esters is 1. The van der Waals surface area contributed by atoms with Crippen LogP contribution in [0.25, 0.3) is 11.8 Å². The number of nitrogens with zero attached hydrogens (tertiary/aromatic N) is 1. The highest BCUT2D eigenvalue weighted by Gasteiger charge is 2.25. The van der Waals surface area contributed by atoms with Gasteiger partial charge in [0.05, 0.1) is 5.56 Å². The Labute approximate surface area is 105 Å². The number of aromatic nitrogens is 1. The first-order valence-electron chi connectivity index (χ1n) is 5.70. The summed E-state index contributed by atoms with van der Waals surface area (Å²) < 4.78 is 5.28. The molecule has 0 amide bonds. The fourth-order valence-electron chi connectivity index (χ4n) is 2.00. The van der Waals surface area contributed by atoms with Crippen molar-refractivity contribution in [2.75, 3.05) is 0 Å². The number of carbonyl (C=O) groups excluding carboxylic acids is 1. The largest absolute Gasteiger partial charge is 0.422 e. The minimum absolute atomic E-state index is 0.289. The molecule has 3 heteroatoms. The zero-order valence-electron chi connectivity index (χ0n) is 9.88. The molecule has 2 aromatic rings. The van der Waals surface area contributed by atoms with Gasteiger partial charge in [0.25, 0.3) is 0 Å². The van der Waals surface area contributed by atoms with Gasteiger partial charge in [-0.15, -0.1) is 0 Å². The SMILES string of the molecule is Cc1cc(/C=C2\OC(=O)c3ccccc32)ccn1. The number of hydrogen-bond donors (Lipinski definition) is 0. The summed E-state index contributed by atoms with van der Waals surface area (Å²) in [5.74, 6) is 0.309. The molecular formula is C15H11NO2. The van der Waals surface area contributed by atoms with Crippen molar-refractivity contribution in [1.82, 2.24) is 4.98 Å². The molecule has 0 unspecified atom stereocenters. The van der Waals surface area contributed by atoms with Crippen LogP contribution >= 0.6 is 0 Å². The number of benzene rings is 1. The summed E-state index contributed by atoms with van der Waals surface area (Å²) in [6, 6.07) is 11.2. The van der Waals surface area contributed by atoms with Crippen molar-refractivity contribution in [3.8, 4) is 0 Å². The highest BCUT2D eigenvalue weighted by atomic mass is 16.5. The Hall–Kier alpha value is -2.42. The molecule has 2 heterocycles. The predicted octanol–water partition coefficient (Wildman–Crippen LogP) is 3.06. The summed E-state index contributed by atoms with van der Waals surface area (Å²) in [7, 11) is 0. The number of fused-ring (bicyclic) bond motifs is 1. The standard InChI is InChI=1S/C15H11NO2/c1-10-8-11(6-7-16-10)9-14-12-4-2-3-5-13(12)15(17)18-14/h2-9H,1H3/b14-9-. The van der Waals surface area contributed by atoms with Crippen LogP contribution in [0.15, 0.2) is 42.6 Å². The van der Waals surface area contributed by atoms with Gasteiger partial charge >= 0.3 is 5.97 Å². The lowest BCUT2D eigenvalue weighted by Gasteiger charge is -1.99. The Bertz CT molecular complexity index is 659. The normalized spacial score (nSPS) is 15.6. The number of ether oxygens (including phenoxy) is 1. The fraction of sp³-hybridized carbons (Fsp3) is 0.0667. The predicted molar refractivity (Wildman–Crippen MR) is 68.7 cm³/mol. The molecule has 0 saturated carbocycles. The van der Waals surface area contributed by atoms with Crippen LogP contribution in [0, 0.1) is 6.92 Å². The number of rotatable bonds is 1. The van der Waals surface area contributed by atoms with Crippen LogP contribution in [-0.2, 0) is 4.74 Å². The highest BCUT2D eigenvalue weighted by molar-refractivity contribution is 6.05. The van der Waals surface area contributed by atoms with Crippen LogP contribution in [0.3, 0.4) is 0 Å². The molecule has 0 N–H and O–H groups in total. The van der Waals surface area contributed by atoms with Crippen molar-refractivity contribution in [1.29, 1.82) is 0 Å². The van der Waals surface area contributed by atoms with E-state index in [9.17, 15) is 4.79 Å². The van der Waals surface area contributed by atoms with Crippen LogP contribution in [-0.4, -0.2) is 11.0 Å². The van der Waals surface area contributed by atoms with Gasteiger partial charge in [0.1, 0.15) is 5.76 Å². The molecule has 0 saturated heterocycles. The van der Waals surface area contributed by atoms with Gasteiger partial charge in [0, 0.05) is 17.5 Å². The smallest absolute Gasteiger partial charge is 0.344 e. The van der Waals surface area contributed by atoms with Crippen LogP contribution in [0.1, 0.15) is 27.2 Å². The van der Waals surface area contributed by atoms with Crippen molar-refractivity contribution in [2.45, 2.75) is 6.92 Å². The second-order valence-corrected chi connectivity index (χ2v) is 4.17. The average molecular weight is 237 g/mol. The molecule has 3 rings (SSSR count). The van der Waals surface area contributed by atoms with Crippen LogP contribution in [0.2, 0.25) is 0 Å². The molecule has 1 aliphatic heterocycles. The minimum atomic E-state index is -0.289. The van der Waals surface area contributed by atoms with E-state index in [0.29, 0.717) is 11.3 Å². The van der Waals surface area contributed by atoms with Crippen molar-refractivity contribution in [3.05, 3.63) is 65.0 Å². The minimum Gasteiger partial charge on any atom is -0.422 e. The van der Waals surface area contributed by atoms with E-state index in [2.05, 4.69) is 4.98 Å². The quantitative estimate of drug-likeness (QED) is 0.715. The number of pyridine rings is 1. The van der Waals surface area contributed by atoms with Gasteiger partial charge in [-0.05, 0) is 36.8 Å².